The Morgan fingerprint density at radius 2 is 1.81 bits per heavy atom. The minimum atomic E-state index is -0.298. The zero-order valence-corrected chi connectivity index (χ0v) is 21.2. The summed E-state index contributed by atoms with van der Waals surface area (Å²) in [7, 11) is 1.63. The summed E-state index contributed by atoms with van der Waals surface area (Å²) in [6.07, 6.45) is 3.61. The average molecular weight is 489 g/mol. The molecule has 37 heavy (non-hydrogen) atoms. The Labute approximate surface area is 215 Å². The molecule has 0 saturated heterocycles. The van der Waals surface area contributed by atoms with E-state index in [2.05, 4.69) is 47.7 Å². The average Bonchev–Trinajstić information content (AvgIpc) is 3.19. The Hall–Kier alpha value is -4.71. The van der Waals surface area contributed by atoms with Crippen LogP contribution in [0.2, 0.25) is 0 Å². The summed E-state index contributed by atoms with van der Waals surface area (Å²) in [5.41, 5.74) is 9.95. The molecule has 0 saturated carbocycles. The maximum Gasteiger partial charge on any atom is 0.272 e. The maximum absolute atomic E-state index is 13.4. The molecule has 0 aliphatic rings. The van der Waals surface area contributed by atoms with E-state index in [-0.39, 0.29) is 5.91 Å². The Morgan fingerprint density at radius 3 is 2.57 bits per heavy atom. The highest BCUT2D eigenvalue weighted by Crippen LogP contribution is 2.28. The van der Waals surface area contributed by atoms with E-state index in [1.165, 1.54) is 5.56 Å². The summed E-state index contributed by atoms with van der Waals surface area (Å²) < 4.78 is 7.49. The van der Waals surface area contributed by atoms with E-state index >= 15 is 0 Å². The number of benzene rings is 3. The van der Waals surface area contributed by atoms with Crippen molar-refractivity contribution in [2.24, 2.45) is 5.10 Å². The van der Waals surface area contributed by atoms with Crippen LogP contribution in [0.15, 0.2) is 90.6 Å². The second kappa shape index (κ2) is 10.1. The van der Waals surface area contributed by atoms with Gasteiger partial charge in [0.2, 0.25) is 0 Å². The number of nitrogens with zero attached hydrogens (tertiary/aromatic N) is 3. The predicted octanol–water partition coefficient (Wildman–Crippen LogP) is 6.43. The largest absolute Gasteiger partial charge is 0.497 e. The predicted molar refractivity (Wildman–Crippen MR) is 150 cm³/mol. The lowest BCUT2D eigenvalue weighted by Crippen LogP contribution is -2.18. The molecule has 0 bridgehead atoms. The van der Waals surface area contributed by atoms with Crippen molar-refractivity contribution in [1.82, 2.24) is 15.0 Å². The Kier molecular flexibility index (Phi) is 6.56. The van der Waals surface area contributed by atoms with Gasteiger partial charge >= 0.3 is 0 Å². The van der Waals surface area contributed by atoms with Gasteiger partial charge in [-0.25, -0.2) is 10.4 Å². The van der Waals surface area contributed by atoms with Gasteiger partial charge in [-0.1, -0.05) is 42.5 Å². The number of aryl methyl sites for hydroxylation is 1. The van der Waals surface area contributed by atoms with Crippen LogP contribution in [0.1, 0.15) is 27.2 Å². The molecule has 5 aromatic rings. The van der Waals surface area contributed by atoms with Crippen LogP contribution in [0.4, 0.5) is 0 Å². The van der Waals surface area contributed by atoms with E-state index in [0.717, 1.165) is 44.4 Å². The molecule has 0 aliphatic heterocycles. The lowest BCUT2D eigenvalue weighted by molar-refractivity contribution is 0.0956. The van der Waals surface area contributed by atoms with Gasteiger partial charge in [-0.2, -0.15) is 5.10 Å². The van der Waals surface area contributed by atoms with Crippen LogP contribution in [0.3, 0.4) is 0 Å². The van der Waals surface area contributed by atoms with E-state index in [1.54, 1.807) is 19.4 Å². The molecule has 0 atom stereocenters. The fourth-order valence-corrected chi connectivity index (χ4v) is 4.75. The summed E-state index contributed by atoms with van der Waals surface area (Å²) in [5, 5.41) is 6.22. The van der Waals surface area contributed by atoms with Crippen molar-refractivity contribution >= 4 is 33.9 Å². The van der Waals surface area contributed by atoms with Gasteiger partial charge in [0.25, 0.3) is 5.91 Å². The van der Waals surface area contributed by atoms with Crippen LogP contribution >= 0.6 is 0 Å². The molecule has 0 spiro atoms. The van der Waals surface area contributed by atoms with Gasteiger partial charge in [-0.15, -0.1) is 6.58 Å². The maximum atomic E-state index is 13.4. The van der Waals surface area contributed by atoms with E-state index in [0.29, 0.717) is 17.8 Å². The molecule has 6 heteroatoms. The van der Waals surface area contributed by atoms with Crippen molar-refractivity contribution in [3.8, 4) is 17.0 Å². The number of allylic oxidation sites excluding steroid dienone is 1. The Bertz CT molecular complexity index is 1660. The Balaban J connectivity index is 1.50. The van der Waals surface area contributed by atoms with Crippen molar-refractivity contribution in [2.45, 2.75) is 20.4 Å². The number of carbonyl (C=O) groups excluding carboxylic acids is 1. The van der Waals surface area contributed by atoms with Crippen molar-refractivity contribution in [3.63, 3.8) is 0 Å². The first-order valence-electron chi connectivity index (χ1n) is 12.1. The molecule has 184 valence electrons. The number of rotatable bonds is 7. The highest BCUT2D eigenvalue weighted by atomic mass is 16.5. The van der Waals surface area contributed by atoms with Crippen molar-refractivity contribution < 1.29 is 9.53 Å². The quantitative estimate of drug-likeness (QED) is 0.163. The van der Waals surface area contributed by atoms with Crippen LogP contribution in [-0.4, -0.2) is 28.8 Å². The molecule has 3 aromatic carbocycles. The molecule has 2 aromatic heterocycles. The van der Waals surface area contributed by atoms with Crippen LogP contribution in [0, 0.1) is 13.8 Å². The number of aromatic nitrogens is 2. The molecule has 2 heterocycles. The third kappa shape index (κ3) is 4.49. The first-order valence-corrected chi connectivity index (χ1v) is 12.1. The normalized spacial score (nSPS) is 11.3. The standard InChI is InChI=1S/C31H28N4O2/c1-5-17-35-21(3)27(25-11-8-9-20(2)30(25)35)19-32-34-31(36)26-18-29(22-13-15-23(37-4)16-14-22)33-28-12-7-6-10-24(26)28/h5-16,18-19H,1,17H2,2-4H3,(H,34,36)/b32-19+. The second-order valence-corrected chi connectivity index (χ2v) is 8.87. The third-order valence-corrected chi connectivity index (χ3v) is 6.61. The van der Waals surface area contributed by atoms with Gasteiger partial charge in [0.15, 0.2) is 0 Å². The highest BCUT2D eigenvalue weighted by Gasteiger charge is 2.16. The molecule has 0 fully saturated rings. The molecular weight excluding hydrogens is 460 g/mol. The summed E-state index contributed by atoms with van der Waals surface area (Å²) in [5.74, 6) is 0.463. The van der Waals surface area contributed by atoms with Crippen molar-refractivity contribution in [3.05, 3.63) is 108 Å². The lowest BCUT2D eigenvalue weighted by Gasteiger charge is -2.09. The number of hydrazone groups is 1. The van der Waals surface area contributed by atoms with Crippen molar-refractivity contribution in [2.75, 3.05) is 7.11 Å². The minimum Gasteiger partial charge on any atom is -0.497 e. The number of carbonyl (C=O) groups is 1. The number of pyridine rings is 1. The third-order valence-electron chi connectivity index (χ3n) is 6.61. The van der Waals surface area contributed by atoms with Crippen molar-refractivity contribution in [1.29, 1.82) is 0 Å². The first-order chi connectivity index (χ1) is 18.0. The SMILES string of the molecule is C=CCn1c(C)c(/C=N/NC(=O)c2cc(-c3ccc(OC)cc3)nc3ccccc23)c2cccc(C)c21. The summed E-state index contributed by atoms with van der Waals surface area (Å²) >= 11 is 0. The van der Waals surface area contributed by atoms with Crippen LogP contribution in [-0.2, 0) is 6.54 Å². The first kappa shape index (κ1) is 24.0. The molecule has 5 rings (SSSR count). The Morgan fingerprint density at radius 1 is 1.05 bits per heavy atom. The summed E-state index contributed by atoms with van der Waals surface area (Å²) in [6, 6.07) is 23.2. The number of methoxy groups -OCH3 is 1. The summed E-state index contributed by atoms with van der Waals surface area (Å²) in [6.45, 7) is 8.76. The topological polar surface area (TPSA) is 68.5 Å². The van der Waals surface area contributed by atoms with Crippen LogP contribution in [0.25, 0.3) is 33.1 Å². The highest BCUT2D eigenvalue weighted by molar-refractivity contribution is 6.08. The number of ether oxygens (including phenoxy) is 1. The van der Waals surface area contributed by atoms with Gasteiger partial charge in [-0.3, -0.25) is 4.79 Å². The second-order valence-electron chi connectivity index (χ2n) is 8.87. The van der Waals surface area contributed by atoms with E-state index in [4.69, 9.17) is 9.72 Å². The molecule has 1 amide bonds. The molecular formula is C31H28N4O2. The molecule has 0 aliphatic carbocycles. The van der Waals surface area contributed by atoms with Gasteiger partial charge in [0, 0.05) is 34.1 Å². The number of fused-ring (bicyclic) bond motifs is 2. The molecule has 6 nitrogen and oxygen atoms in total. The molecule has 0 radical (unpaired) electrons. The zero-order valence-electron chi connectivity index (χ0n) is 21.2. The van der Waals surface area contributed by atoms with Gasteiger partial charge in [-0.05, 0) is 55.8 Å². The number of amides is 1. The van der Waals surface area contributed by atoms with Gasteiger partial charge in [0.05, 0.1) is 35.6 Å². The molecule has 1 N–H and O–H groups in total. The van der Waals surface area contributed by atoms with E-state index in [1.807, 2.05) is 60.7 Å². The van der Waals surface area contributed by atoms with Gasteiger partial charge < -0.3 is 9.30 Å². The van der Waals surface area contributed by atoms with Crippen LogP contribution < -0.4 is 10.2 Å². The summed E-state index contributed by atoms with van der Waals surface area (Å²) in [4.78, 5) is 18.1. The number of para-hydroxylation sites is 2. The number of hydrogen-bond donors (Lipinski definition) is 1. The monoisotopic (exact) mass is 488 g/mol. The number of nitrogens with one attached hydrogen (secondary N) is 1. The minimum absolute atomic E-state index is 0.298. The fraction of sp³-hybridized carbons (Fsp3) is 0.129. The van der Waals surface area contributed by atoms with E-state index < -0.39 is 0 Å². The zero-order chi connectivity index (χ0) is 25.9. The van der Waals surface area contributed by atoms with E-state index in [9.17, 15) is 4.79 Å². The smallest absolute Gasteiger partial charge is 0.272 e. The molecule has 0 unspecified atom stereocenters. The van der Waals surface area contributed by atoms with Crippen LogP contribution in [0.5, 0.6) is 5.75 Å². The fourth-order valence-electron chi connectivity index (χ4n) is 4.75. The number of hydrogen-bond acceptors (Lipinski definition) is 4. The van der Waals surface area contributed by atoms with Gasteiger partial charge in [0.1, 0.15) is 5.75 Å². The lowest BCUT2D eigenvalue weighted by atomic mass is 10.0.